The van der Waals surface area contributed by atoms with Crippen LogP contribution >= 0.6 is 0 Å². The third kappa shape index (κ3) is 5.54. The van der Waals surface area contributed by atoms with Gasteiger partial charge in [-0.2, -0.15) is 0 Å². The average molecular weight is 436 g/mol. The summed E-state index contributed by atoms with van der Waals surface area (Å²) in [6, 6.07) is 7.13. The summed E-state index contributed by atoms with van der Waals surface area (Å²) in [4.78, 5) is 8.30. The second-order valence-electron chi connectivity index (χ2n) is 5.67. The van der Waals surface area contributed by atoms with Gasteiger partial charge in [0.25, 0.3) is 0 Å². The highest BCUT2D eigenvalue weighted by Crippen LogP contribution is 2.35. The number of rotatable bonds is 11. The predicted molar refractivity (Wildman–Crippen MR) is 118 cm³/mol. The van der Waals surface area contributed by atoms with Crippen molar-refractivity contribution < 1.29 is 40.1 Å². The molecular formula is C23H25N3O5. The van der Waals surface area contributed by atoms with Gasteiger partial charge in [0, 0.05) is 31.2 Å². The van der Waals surface area contributed by atoms with Crippen LogP contribution in [-0.4, -0.2) is 57.4 Å². The minimum absolute atomic E-state index is 0.137. The molecule has 0 atom stereocenters. The number of nitrogens with one attached hydrogen (secondary N) is 1. The monoisotopic (exact) mass is 435 g/mol. The molecule has 1 aromatic heterocycles. The summed E-state index contributed by atoms with van der Waals surface area (Å²) in [5, 5.41) is 3.18. The molecule has 0 spiro atoms. The molecule has 1 heterocycles. The zero-order chi connectivity index (χ0) is 32.4. The normalized spacial score (nSPS) is 18.5. The predicted octanol–water partition coefficient (Wildman–Crippen LogP) is 3.41. The topological polar surface area (TPSA) is 84.0 Å². The van der Waals surface area contributed by atoms with E-state index in [2.05, 4.69) is 30.7 Å². The number of ether oxygens (including phenoxy) is 5. The van der Waals surface area contributed by atoms with Crippen LogP contribution in [0.4, 0.5) is 11.5 Å². The Balaban J connectivity index is 2.10. The Hall–Kier alpha value is -3.54. The number of fused-ring (bicyclic) bond motifs is 1. The molecule has 0 aliphatic heterocycles. The third-order valence-electron chi connectivity index (χ3n) is 3.93. The van der Waals surface area contributed by atoms with Crippen LogP contribution in [0.5, 0.6) is 17.2 Å². The van der Waals surface area contributed by atoms with Crippen LogP contribution in [0.25, 0.3) is 10.9 Å². The molecule has 0 fully saturated rings. The van der Waals surface area contributed by atoms with Crippen LogP contribution in [0.15, 0.2) is 36.7 Å². The molecule has 0 saturated carbocycles. The van der Waals surface area contributed by atoms with E-state index >= 15 is 0 Å². The molecule has 31 heavy (non-hydrogen) atoms. The summed E-state index contributed by atoms with van der Waals surface area (Å²) >= 11 is 0. The lowest BCUT2D eigenvalue weighted by atomic mass is 10.1. The molecule has 0 radical (unpaired) electrons. The molecule has 0 amide bonds. The molecule has 162 valence electrons. The summed E-state index contributed by atoms with van der Waals surface area (Å²) in [5.74, 6) is 2.06. The van der Waals surface area contributed by atoms with Gasteiger partial charge in [-0.05, 0) is 24.3 Å². The highest BCUT2D eigenvalue weighted by atomic mass is 16.5. The minimum Gasteiger partial charge on any atom is -0.495 e. The highest BCUT2D eigenvalue weighted by Gasteiger charge is 2.13. The zero-order valence-electron chi connectivity index (χ0n) is 28.2. The quantitative estimate of drug-likeness (QED) is 0.459. The summed E-state index contributed by atoms with van der Waals surface area (Å²) in [7, 11) is -5.01. The van der Waals surface area contributed by atoms with Crippen LogP contribution < -0.4 is 19.5 Å². The lowest BCUT2D eigenvalue weighted by Gasteiger charge is -2.15. The van der Waals surface area contributed by atoms with Gasteiger partial charge in [-0.25, -0.2) is 9.97 Å². The number of terminal acetylenes is 1. The second-order valence-corrected chi connectivity index (χ2v) is 5.67. The Kier molecular flexibility index (Phi) is 3.97. The van der Waals surface area contributed by atoms with Crippen molar-refractivity contribution in [3.63, 3.8) is 0 Å². The average Bonchev–Trinajstić information content (AvgIpc) is 2.84. The van der Waals surface area contributed by atoms with Crippen molar-refractivity contribution in [2.45, 2.75) is 0 Å². The second kappa shape index (κ2) is 11.0. The maximum absolute atomic E-state index is 8.13. The van der Waals surface area contributed by atoms with Crippen LogP contribution in [-0.2, 0) is 9.47 Å². The van der Waals surface area contributed by atoms with Crippen LogP contribution in [0, 0.1) is 12.3 Å². The number of anilines is 2. The first-order chi connectivity index (χ1) is 19.7. The maximum atomic E-state index is 8.13. The van der Waals surface area contributed by atoms with Crippen molar-refractivity contribution in [3.05, 3.63) is 42.2 Å². The largest absolute Gasteiger partial charge is 0.495 e. The maximum Gasteiger partial charge on any atom is 0.163 e. The van der Waals surface area contributed by atoms with E-state index in [-0.39, 0.29) is 16.7 Å². The number of aromatic nitrogens is 2. The first kappa shape index (κ1) is 11.2. The summed E-state index contributed by atoms with van der Waals surface area (Å²) < 4.78 is 115. The van der Waals surface area contributed by atoms with Gasteiger partial charge >= 0.3 is 0 Å². The summed E-state index contributed by atoms with van der Waals surface area (Å²) in [6.07, 6.45) is 6.71. The van der Waals surface area contributed by atoms with Crippen molar-refractivity contribution in [2.75, 3.05) is 52.8 Å². The highest BCUT2D eigenvalue weighted by molar-refractivity contribution is 5.93. The van der Waals surface area contributed by atoms with E-state index in [4.69, 9.17) is 37.1 Å². The molecule has 2 aromatic carbocycles. The van der Waals surface area contributed by atoms with E-state index in [0.29, 0.717) is 17.0 Å². The lowest BCUT2D eigenvalue weighted by molar-refractivity contribution is 0.132. The van der Waals surface area contributed by atoms with E-state index in [1.807, 2.05) is 0 Å². The van der Waals surface area contributed by atoms with Crippen molar-refractivity contribution in [2.24, 2.45) is 0 Å². The van der Waals surface area contributed by atoms with Crippen LogP contribution in [0.2, 0.25) is 0 Å². The van der Waals surface area contributed by atoms with Crippen molar-refractivity contribution in [3.8, 4) is 29.6 Å². The first-order valence-corrected chi connectivity index (χ1v) is 8.58. The third-order valence-corrected chi connectivity index (χ3v) is 3.93. The van der Waals surface area contributed by atoms with Gasteiger partial charge in [-0.1, -0.05) is 5.92 Å². The number of benzene rings is 2. The molecule has 0 saturated heterocycles. The number of methoxy groups -OCH3 is 3. The van der Waals surface area contributed by atoms with Gasteiger partial charge in [0.05, 0.1) is 47.8 Å². The summed E-state index contributed by atoms with van der Waals surface area (Å²) in [5.41, 5.74) is 1.03. The molecule has 0 aliphatic rings. The number of nitrogens with zero attached hydrogens (tertiary/aromatic N) is 2. The van der Waals surface area contributed by atoms with Crippen LogP contribution in [0.3, 0.4) is 0 Å². The van der Waals surface area contributed by atoms with Crippen LogP contribution in [0.1, 0.15) is 22.0 Å². The molecule has 3 aromatic rings. The Morgan fingerprint density at radius 2 is 1.87 bits per heavy atom. The molecule has 3 rings (SSSR count). The fourth-order valence-electron chi connectivity index (χ4n) is 2.62. The van der Waals surface area contributed by atoms with Gasteiger partial charge in [0.1, 0.15) is 31.1 Å². The van der Waals surface area contributed by atoms with Gasteiger partial charge in [-0.3, -0.25) is 0 Å². The zero-order valence-corrected chi connectivity index (χ0v) is 16.2. The molecule has 8 nitrogen and oxygen atoms in total. The Morgan fingerprint density at radius 3 is 2.68 bits per heavy atom. The smallest absolute Gasteiger partial charge is 0.163 e. The minimum atomic E-state index is -3.54. The lowest BCUT2D eigenvalue weighted by Crippen LogP contribution is -2.09. The molecule has 0 bridgehead atoms. The fraction of sp³-hybridized carbons (Fsp3) is 0.304. The van der Waals surface area contributed by atoms with E-state index in [0.717, 1.165) is 6.07 Å². The number of hydrogen-bond donors (Lipinski definition) is 1. The van der Waals surface area contributed by atoms with Gasteiger partial charge in [-0.15, -0.1) is 6.42 Å². The van der Waals surface area contributed by atoms with Crippen molar-refractivity contribution in [1.29, 1.82) is 0 Å². The molecule has 8 heteroatoms. The van der Waals surface area contributed by atoms with Crippen molar-refractivity contribution in [1.82, 2.24) is 9.97 Å². The van der Waals surface area contributed by atoms with Gasteiger partial charge in [0.2, 0.25) is 0 Å². The van der Waals surface area contributed by atoms with E-state index < -0.39 is 51.9 Å². The summed E-state index contributed by atoms with van der Waals surface area (Å²) in [6.45, 7) is -10.9. The van der Waals surface area contributed by atoms with E-state index in [9.17, 15) is 0 Å². The van der Waals surface area contributed by atoms with E-state index in [1.165, 1.54) is 19.5 Å². The Morgan fingerprint density at radius 1 is 1.03 bits per heavy atom. The fourth-order valence-corrected chi connectivity index (χ4v) is 2.62. The van der Waals surface area contributed by atoms with E-state index in [1.54, 1.807) is 18.2 Å². The SMILES string of the molecule is [2H]C([2H])([2H])OC([2H])([2H])COc1cc2ncnc(Nc3ccc(OC)c(C#C)c3)c2cc1OC([2H])([2H])C([2H])([2H])OC([2H])([2H])[2H]. The Labute approximate surface area is 198 Å². The molecule has 0 aliphatic carbocycles. The Bertz CT molecular complexity index is 1510. The van der Waals surface area contributed by atoms with Gasteiger partial charge < -0.3 is 29.0 Å². The molecule has 0 unspecified atom stereocenters. The number of hydrogen-bond acceptors (Lipinski definition) is 8. The molecule has 1 N–H and O–H groups in total. The van der Waals surface area contributed by atoms with Gasteiger partial charge in [0.15, 0.2) is 11.5 Å². The first-order valence-electron chi connectivity index (χ1n) is 14.6. The molecular weight excluding hydrogens is 398 g/mol. The standard InChI is InChI=1S/C23H25N3O5/c1-5-16-12-17(6-7-20(16)29-4)26-23-18-13-21(30-10-8-27-2)22(31-11-9-28-3)14-19(18)24-15-25-23/h1,6-7,12-15H,8-11H2,2-4H3,(H,24,25,26)/i2D3,3D3,8D2,9D2,10D2. The van der Waals surface area contributed by atoms with Crippen molar-refractivity contribution >= 4 is 22.4 Å².